The van der Waals surface area contributed by atoms with Gasteiger partial charge in [-0.3, -0.25) is 4.79 Å². The predicted molar refractivity (Wildman–Crippen MR) is 55.3 cm³/mol. The molecular weight excluding hydrogens is 178 g/mol. The van der Waals surface area contributed by atoms with Crippen LogP contribution in [0.25, 0.3) is 0 Å². The molecule has 1 rings (SSSR count). The Morgan fingerprint density at radius 2 is 2.21 bits per heavy atom. The Balaban J connectivity index is 2.60. The van der Waals surface area contributed by atoms with Gasteiger partial charge in [0.2, 0.25) is 0 Å². The first-order valence-corrected chi connectivity index (χ1v) is 5.07. The van der Waals surface area contributed by atoms with E-state index in [1.807, 2.05) is 26.8 Å². The van der Waals surface area contributed by atoms with Gasteiger partial charge in [-0.05, 0) is 25.5 Å². The van der Waals surface area contributed by atoms with Crippen molar-refractivity contribution in [1.29, 1.82) is 0 Å². The molecule has 0 aromatic carbocycles. The molecular formula is C11H17NO2. The van der Waals surface area contributed by atoms with Crippen LogP contribution in [0, 0.1) is 0 Å². The molecule has 0 fully saturated rings. The molecule has 0 bridgehead atoms. The second kappa shape index (κ2) is 4.84. The third-order valence-corrected chi connectivity index (χ3v) is 2.22. The van der Waals surface area contributed by atoms with Gasteiger partial charge in [0.15, 0.2) is 5.76 Å². The quantitative estimate of drug-likeness (QED) is 0.801. The number of amides is 1. The Bertz CT molecular complexity index is 304. The van der Waals surface area contributed by atoms with Gasteiger partial charge in [-0.15, -0.1) is 0 Å². The van der Waals surface area contributed by atoms with Gasteiger partial charge in [-0.1, -0.05) is 13.8 Å². The SMILES string of the molecule is CCc1ccc(C(=O)N[C@@H](C)CC)o1. The van der Waals surface area contributed by atoms with Gasteiger partial charge >= 0.3 is 0 Å². The highest BCUT2D eigenvalue weighted by Crippen LogP contribution is 2.08. The summed E-state index contributed by atoms with van der Waals surface area (Å²) in [4.78, 5) is 11.5. The van der Waals surface area contributed by atoms with Crippen molar-refractivity contribution in [3.05, 3.63) is 23.7 Å². The minimum atomic E-state index is -0.126. The molecule has 0 saturated carbocycles. The smallest absolute Gasteiger partial charge is 0.287 e. The summed E-state index contributed by atoms with van der Waals surface area (Å²) < 4.78 is 5.33. The van der Waals surface area contributed by atoms with Crippen molar-refractivity contribution >= 4 is 5.91 Å². The van der Waals surface area contributed by atoms with E-state index in [2.05, 4.69) is 5.32 Å². The third-order valence-electron chi connectivity index (χ3n) is 2.22. The molecule has 1 heterocycles. The van der Waals surface area contributed by atoms with Crippen molar-refractivity contribution in [2.45, 2.75) is 39.7 Å². The minimum absolute atomic E-state index is 0.126. The van der Waals surface area contributed by atoms with Gasteiger partial charge in [0.1, 0.15) is 5.76 Å². The van der Waals surface area contributed by atoms with Crippen LogP contribution in [-0.2, 0) is 6.42 Å². The largest absolute Gasteiger partial charge is 0.456 e. The fourth-order valence-electron chi connectivity index (χ4n) is 1.09. The van der Waals surface area contributed by atoms with E-state index in [4.69, 9.17) is 4.42 Å². The zero-order chi connectivity index (χ0) is 10.6. The van der Waals surface area contributed by atoms with Gasteiger partial charge in [0.05, 0.1) is 0 Å². The Hall–Kier alpha value is -1.25. The van der Waals surface area contributed by atoms with Crippen molar-refractivity contribution < 1.29 is 9.21 Å². The highest BCUT2D eigenvalue weighted by Gasteiger charge is 2.11. The first kappa shape index (κ1) is 10.8. The van der Waals surface area contributed by atoms with E-state index in [1.54, 1.807) is 6.07 Å². The molecule has 0 spiro atoms. The molecule has 0 aliphatic heterocycles. The summed E-state index contributed by atoms with van der Waals surface area (Å²) in [7, 11) is 0. The fourth-order valence-corrected chi connectivity index (χ4v) is 1.09. The van der Waals surface area contributed by atoms with Gasteiger partial charge < -0.3 is 9.73 Å². The molecule has 1 atom stereocenters. The number of furan rings is 1. The standard InChI is InChI=1S/C11H17NO2/c1-4-8(3)12-11(13)10-7-6-9(5-2)14-10/h6-8H,4-5H2,1-3H3,(H,12,13)/t8-/m0/s1. The highest BCUT2D eigenvalue weighted by molar-refractivity contribution is 5.91. The normalized spacial score (nSPS) is 12.5. The van der Waals surface area contributed by atoms with Crippen LogP contribution in [0.15, 0.2) is 16.5 Å². The fraction of sp³-hybridized carbons (Fsp3) is 0.545. The van der Waals surface area contributed by atoms with Crippen molar-refractivity contribution in [2.24, 2.45) is 0 Å². The number of rotatable bonds is 4. The summed E-state index contributed by atoms with van der Waals surface area (Å²) in [6.07, 6.45) is 1.74. The number of hydrogen-bond acceptors (Lipinski definition) is 2. The second-order valence-corrected chi connectivity index (χ2v) is 3.40. The Kier molecular flexibility index (Phi) is 3.74. The van der Waals surface area contributed by atoms with Crippen LogP contribution in [0.3, 0.4) is 0 Å². The summed E-state index contributed by atoms with van der Waals surface area (Å²) in [6.45, 7) is 6.00. The van der Waals surface area contributed by atoms with E-state index in [9.17, 15) is 4.79 Å². The van der Waals surface area contributed by atoms with Crippen LogP contribution < -0.4 is 5.32 Å². The molecule has 1 aromatic rings. The molecule has 0 unspecified atom stereocenters. The molecule has 0 aliphatic carbocycles. The maximum Gasteiger partial charge on any atom is 0.287 e. The van der Waals surface area contributed by atoms with E-state index >= 15 is 0 Å². The van der Waals surface area contributed by atoms with Crippen LogP contribution in [0.1, 0.15) is 43.5 Å². The van der Waals surface area contributed by atoms with Crippen molar-refractivity contribution in [2.75, 3.05) is 0 Å². The predicted octanol–water partition coefficient (Wildman–Crippen LogP) is 2.37. The molecule has 78 valence electrons. The van der Waals surface area contributed by atoms with Crippen molar-refractivity contribution in [1.82, 2.24) is 5.32 Å². The molecule has 0 saturated heterocycles. The van der Waals surface area contributed by atoms with Gasteiger partial charge in [-0.25, -0.2) is 0 Å². The number of nitrogens with one attached hydrogen (secondary N) is 1. The van der Waals surface area contributed by atoms with E-state index in [0.29, 0.717) is 5.76 Å². The van der Waals surface area contributed by atoms with Crippen LogP contribution in [0.4, 0.5) is 0 Å². The highest BCUT2D eigenvalue weighted by atomic mass is 16.3. The number of hydrogen-bond donors (Lipinski definition) is 1. The molecule has 14 heavy (non-hydrogen) atoms. The lowest BCUT2D eigenvalue weighted by Gasteiger charge is -2.09. The Morgan fingerprint density at radius 1 is 1.50 bits per heavy atom. The molecule has 1 N–H and O–H groups in total. The van der Waals surface area contributed by atoms with Crippen molar-refractivity contribution in [3.8, 4) is 0 Å². The molecule has 1 amide bonds. The van der Waals surface area contributed by atoms with Crippen molar-refractivity contribution in [3.63, 3.8) is 0 Å². The molecule has 0 aliphatic rings. The Labute approximate surface area is 84.5 Å². The maximum absolute atomic E-state index is 11.5. The van der Waals surface area contributed by atoms with E-state index in [-0.39, 0.29) is 11.9 Å². The van der Waals surface area contributed by atoms with Crippen LogP contribution in [0.2, 0.25) is 0 Å². The Morgan fingerprint density at radius 3 is 2.71 bits per heavy atom. The van der Waals surface area contributed by atoms with E-state index in [0.717, 1.165) is 18.6 Å². The molecule has 0 radical (unpaired) electrons. The minimum Gasteiger partial charge on any atom is -0.456 e. The molecule has 1 aromatic heterocycles. The first-order valence-electron chi connectivity index (χ1n) is 5.07. The number of carbonyl (C=O) groups is 1. The third kappa shape index (κ3) is 2.62. The second-order valence-electron chi connectivity index (χ2n) is 3.40. The zero-order valence-corrected chi connectivity index (χ0v) is 8.96. The zero-order valence-electron chi connectivity index (χ0n) is 8.96. The summed E-state index contributed by atoms with van der Waals surface area (Å²) >= 11 is 0. The summed E-state index contributed by atoms with van der Waals surface area (Å²) in [5.41, 5.74) is 0. The number of aryl methyl sites for hydroxylation is 1. The van der Waals surface area contributed by atoms with E-state index in [1.165, 1.54) is 0 Å². The average molecular weight is 195 g/mol. The summed E-state index contributed by atoms with van der Waals surface area (Å²) in [5, 5.41) is 2.85. The van der Waals surface area contributed by atoms with Crippen LogP contribution >= 0.6 is 0 Å². The lowest BCUT2D eigenvalue weighted by molar-refractivity contribution is 0.0909. The molecule has 3 heteroatoms. The first-order chi connectivity index (χ1) is 6.67. The van der Waals surface area contributed by atoms with Gasteiger partial charge in [-0.2, -0.15) is 0 Å². The summed E-state index contributed by atoms with van der Waals surface area (Å²) in [5.74, 6) is 1.13. The topological polar surface area (TPSA) is 42.2 Å². The summed E-state index contributed by atoms with van der Waals surface area (Å²) in [6, 6.07) is 3.75. The molecule has 3 nitrogen and oxygen atoms in total. The average Bonchev–Trinajstić information content (AvgIpc) is 2.65. The monoisotopic (exact) mass is 195 g/mol. The van der Waals surface area contributed by atoms with Crippen LogP contribution in [0.5, 0.6) is 0 Å². The lowest BCUT2D eigenvalue weighted by Crippen LogP contribution is -2.31. The van der Waals surface area contributed by atoms with Crippen LogP contribution in [-0.4, -0.2) is 11.9 Å². The lowest BCUT2D eigenvalue weighted by atomic mass is 10.2. The van der Waals surface area contributed by atoms with Gasteiger partial charge in [0.25, 0.3) is 5.91 Å². The van der Waals surface area contributed by atoms with E-state index < -0.39 is 0 Å². The maximum atomic E-state index is 11.5. The van der Waals surface area contributed by atoms with Gasteiger partial charge in [0, 0.05) is 12.5 Å². The number of carbonyl (C=O) groups excluding carboxylic acids is 1.